The van der Waals surface area contributed by atoms with E-state index in [2.05, 4.69) is 15.6 Å². The fourth-order valence-electron chi connectivity index (χ4n) is 2.75. The lowest BCUT2D eigenvalue weighted by molar-refractivity contribution is -0.136. The molecule has 2 heterocycles. The summed E-state index contributed by atoms with van der Waals surface area (Å²) in [6.45, 7) is 4.96. The van der Waals surface area contributed by atoms with Gasteiger partial charge in [0.1, 0.15) is 0 Å². The lowest BCUT2D eigenvalue weighted by atomic mass is 9.78. The highest BCUT2D eigenvalue weighted by atomic mass is 16.5. The monoisotopic (exact) mass is 280 g/mol. The van der Waals surface area contributed by atoms with Crippen molar-refractivity contribution in [3.05, 3.63) is 18.7 Å². The van der Waals surface area contributed by atoms with E-state index in [1.165, 1.54) is 0 Å². The first kappa shape index (κ1) is 15.0. The van der Waals surface area contributed by atoms with Crippen LogP contribution in [0.4, 0.5) is 0 Å². The van der Waals surface area contributed by atoms with Crippen LogP contribution in [0.5, 0.6) is 0 Å². The largest absolute Gasteiger partial charge is 0.384 e. The summed E-state index contributed by atoms with van der Waals surface area (Å²) >= 11 is 0. The van der Waals surface area contributed by atoms with E-state index in [4.69, 9.17) is 4.74 Å². The van der Waals surface area contributed by atoms with Crippen molar-refractivity contribution in [2.24, 2.45) is 5.41 Å². The summed E-state index contributed by atoms with van der Waals surface area (Å²) in [7, 11) is 1.66. The molecule has 1 atom stereocenters. The molecule has 1 aromatic heterocycles. The standard InChI is InChI=1S/C14H24N4O2/c1-12(9-18-8-7-16-11-18)17-13(19)14(10-20-2)3-5-15-6-4-14/h7-8,11-12,15H,3-6,9-10H2,1-2H3,(H,17,19). The Balaban J connectivity index is 1.93. The summed E-state index contributed by atoms with van der Waals surface area (Å²) < 4.78 is 7.26. The van der Waals surface area contributed by atoms with Gasteiger partial charge < -0.3 is 19.9 Å². The van der Waals surface area contributed by atoms with Gasteiger partial charge in [-0.3, -0.25) is 4.79 Å². The summed E-state index contributed by atoms with van der Waals surface area (Å²) in [6, 6.07) is 0.0697. The van der Waals surface area contributed by atoms with E-state index in [-0.39, 0.29) is 17.4 Å². The minimum atomic E-state index is -0.386. The van der Waals surface area contributed by atoms with Gasteiger partial charge in [-0.2, -0.15) is 0 Å². The van der Waals surface area contributed by atoms with Crippen LogP contribution in [-0.4, -0.2) is 48.3 Å². The van der Waals surface area contributed by atoms with Gasteiger partial charge in [0, 0.05) is 32.1 Å². The van der Waals surface area contributed by atoms with Gasteiger partial charge in [-0.1, -0.05) is 0 Å². The summed E-state index contributed by atoms with van der Waals surface area (Å²) in [6.07, 6.45) is 7.05. The van der Waals surface area contributed by atoms with Crippen LogP contribution in [0.15, 0.2) is 18.7 Å². The predicted molar refractivity (Wildman–Crippen MR) is 76.2 cm³/mol. The van der Waals surface area contributed by atoms with Gasteiger partial charge in [0.15, 0.2) is 0 Å². The SMILES string of the molecule is COCC1(C(=O)NC(C)Cn2ccnc2)CCNCC1. The first-order chi connectivity index (χ1) is 9.66. The van der Waals surface area contributed by atoms with Crippen molar-refractivity contribution in [2.75, 3.05) is 26.8 Å². The molecule has 20 heavy (non-hydrogen) atoms. The third kappa shape index (κ3) is 3.58. The minimum absolute atomic E-state index is 0.0697. The number of amides is 1. The molecule has 0 aromatic carbocycles. The number of hydrogen-bond acceptors (Lipinski definition) is 4. The van der Waals surface area contributed by atoms with Crippen molar-refractivity contribution in [3.63, 3.8) is 0 Å². The van der Waals surface area contributed by atoms with Gasteiger partial charge in [0.2, 0.25) is 5.91 Å². The molecular formula is C14H24N4O2. The van der Waals surface area contributed by atoms with Crippen molar-refractivity contribution in [1.82, 2.24) is 20.2 Å². The molecule has 1 aliphatic heterocycles. The second-order valence-electron chi connectivity index (χ2n) is 5.60. The molecule has 1 amide bonds. The zero-order valence-corrected chi connectivity index (χ0v) is 12.3. The van der Waals surface area contributed by atoms with Crippen molar-refractivity contribution >= 4 is 5.91 Å². The Morgan fingerprint density at radius 2 is 2.30 bits per heavy atom. The minimum Gasteiger partial charge on any atom is -0.384 e. The smallest absolute Gasteiger partial charge is 0.228 e. The highest BCUT2D eigenvalue weighted by molar-refractivity contribution is 5.83. The molecule has 6 nitrogen and oxygen atoms in total. The molecule has 1 aromatic rings. The third-order valence-electron chi connectivity index (χ3n) is 3.88. The molecule has 2 rings (SSSR count). The highest BCUT2D eigenvalue weighted by Crippen LogP contribution is 2.29. The predicted octanol–water partition coefficient (Wildman–Crippen LogP) is 0.404. The van der Waals surface area contributed by atoms with Gasteiger partial charge in [-0.05, 0) is 32.9 Å². The quantitative estimate of drug-likeness (QED) is 0.792. The molecule has 6 heteroatoms. The maximum absolute atomic E-state index is 12.6. The zero-order valence-electron chi connectivity index (χ0n) is 12.3. The number of carbonyl (C=O) groups is 1. The molecular weight excluding hydrogens is 256 g/mol. The van der Waals surface area contributed by atoms with E-state index in [9.17, 15) is 4.79 Å². The average Bonchev–Trinajstić information content (AvgIpc) is 2.92. The van der Waals surface area contributed by atoms with Crippen LogP contribution in [0.3, 0.4) is 0 Å². The summed E-state index contributed by atoms with van der Waals surface area (Å²) in [5, 5.41) is 6.41. The Bertz CT molecular complexity index is 407. The van der Waals surface area contributed by atoms with E-state index < -0.39 is 0 Å². The lowest BCUT2D eigenvalue weighted by Crippen LogP contribution is -2.52. The molecule has 112 valence electrons. The fourth-order valence-corrected chi connectivity index (χ4v) is 2.75. The van der Waals surface area contributed by atoms with Crippen LogP contribution in [0, 0.1) is 5.41 Å². The van der Waals surface area contributed by atoms with Crippen LogP contribution in [0.25, 0.3) is 0 Å². The van der Waals surface area contributed by atoms with Gasteiger partial charge in [0.25, 0.3) is 0 Å². The molecule has 0 radical (unpaired) electrons. The first-order valence-electron chi connectivity index (χ1n) is 7.13. The maximum atomic E-state index is 12.6. The number of rotatable bonds is 6. The third-order valence-corrected chi connectivity index (χ3v) is 3.88. The highest BCUT2D eigenvalue weighted by Gasteiger charge is 2.39. The number of ether oxygens (including phenoxy) is 1. The van der Waals surface area contributed by atoms with Crippen LogP contribution >= 0.6 is 0 Å². The van der Waals surface area contributed by atoms with Crippen molar-refractivity contribution < 1.29 is 9.53 Å². The van der Waals surface area contributed by atoms with Gasteiger partial charge >= 0.3 is 0 Å². The van der Waals surface area contributed by atoms with Crippen molar-refractivity contribution in [3.8, 4) is 0 Å². The second kappa shape index (κ2) is 6.85. The Morgan fingerprint density at radius 1 is 1.55 bits per heavy atom. The topological polar surface area (TPSA) is 68.2 Å². The molecule has 0 saturated carbocycles. The molecule has 0 aliphatic carbocycles. The Kier molecular flexibility index (Phi) is 5.14. The molecule has 2 N–H and O–H groups in total. The number of methoxy groups -OCH3 is 1. The van der Waals surface area contributed by atoms with Gasteiger partial charge in [0.05, 0.1) is 18.3 Å². The molecule has 1 unspecified atom stereocenters. The number of carbonyl (C=O) groups excluding carboxylic acids is 1. The second-order valence-corrected chi connectivity index (χ2v) is 5.60. The van der Waals surface area contributed by atoms with Crippen LogP contribution in [-0.2, 0) is 16.1 Å². The number of hydrogen-bond donors (Lipinski definition) is 2. The number of aromatic nitrogens is 2. The Hall–Kier alpha value is -1.40. The summed E-state index contributed by atoms with van der Waals surface area (Å²) in [5.41, 5.74) is -0.386. The lowest BCUT2D eigenvalue weighted by Gasteiger charge is -2.36. The fraction of sp³-hybridized carbons (Fsp3) is 0.714. The number of piperidine rings is 1. The summed E-state index contributed by atoms with van der Waals surface area (Å²) in [4.78, 5) is 16.6. The van der Waals surface area contributed by atoms with Gasteiger partial charge in [-0.25, -0.2) is 4.98 Å². The summed E-state index contributed by atoms with van der Waals surface area (Å²) in [5.74, 6) is 0.105. The molecule has 1 saturated heterocycles. The van der Waals surface area contributed by atoms with Crippen molar-refractivity contribution in [2.45, 2.75) is 32.4 Å². The molecule has 1 aliphatic rings. The molecule has 0 bridgehead atoms. The van der Waals surface area contributed by atoms with E-state index in [0.29, 0.717) is 6.61 Å². The molecule has 1 fully saturated rings. The van der Waals surface area contributed by atoms with E-state index in [0.717, 1.165) is 32.5 Å². The zero-order chi connectivity index (χ0) is 14.4. The number of nitrogens with zero attached hydrogens (tertiary/aromatic N) is 2. The van der Waals surface area contributed by atoms with Crippen LogP contribution in [0.2, 0.25) is 0 Å². The van der Waals surface area contributed by atoms with Gasteiger partial charge in [-0.15, -0.1) is 0 Å². The maximum Gasteiger partial charge on any atom is 0.228 e. The Labute approximate surface area is 119 Å². The number of imidazole rings is 1. The van der Waals surface area contributed by atoms with Crippen LogP contribution in [0.1, 0.15) is 19.8 Å². The van der Waals surface area contributed by atoms with Crippen molar-refractivity contribution in [1.29, 1.82) is 0 Å². The first-order valence-corrected chi connectivity index (χ1v) is 7.13. The van der Waals surface area contributed by atoms with Crippen LogP contribution < -0.4 is 10.6 Å². The molecule has 0 spiro atoms. The normalized spacial score (nSPS) is 19.5. The van der Waals surface area contributed by atoms with E-state index >= 15 is 0 Å². The number of nitrogens with one attached hydrogen (secondary N) is 2. The Morgan fingerprint density at radius 3 is 2.90 bits per heavy atom. The van der Waals surface area contributed by atoms with E-state index in [1.54, 1.807) is 19.6 Å². The average molecular weight is 280 g/mol. The van der Waals surface area contributed by atoms with E-state index in [1.807, 2.05) is 17.7 Å².